The molecule has 1 heterocycles. The molecule has 0 amide bonds. The summed E-state index contributed by atoms with van der Waals surface area (Å²) in [5, 5.41) is 0. The third-order valence-corrected chi connectivity index (χ3v) is 6.03. The molecule has 172 valence electrons. The highest BCUT2D eigenvalue weighted by molar-refractivity contribution is 9.10. The van der Waals surface area contributed by atoms with Crippen molar-refractivity contribution in [2.75, 3.05) is 14.2 Å². The first-order valence-corrected chi connectivity index (χ1v) is 10.5. The molecule has 9 heteroatoms. The van der Waals surface area contributed by atoms with Crippen molar-refractivity contribution >= 4 is 21.7 Å². The predicted molar refractivity (Wildman–Crippen MR) is 115 cm³/mol. The summed E-state index contributed by atoms with van der Waals surface area (Å²) >= 11 is 3.32. The lowest BCUT2D eigenvalue weighted by atomic mass is 9.81. The Bertz CT molecular complexity index is 1220. The Morgan fingerprint density at radius 1 is 1.00 bits per heavy atom. The molecule has 0 fully saturated rings. The van der Waals surface area contributed by atoms with Gasteiger partial charge in [0.15, 0.2) is 0 Å². The molecule has 3 aromatic rings. The van der Waals surface area contributed by atoms with Gasteiger partial charge in [-0.3, -0.25) is 4.79 Å². The fourth-order valence-electron chi connectivity index (χ4n) is 3.95. The van der Waals surface area contributed by atoms with Crippen LogP contribution in [-0.4, -0.2) is 20.0 Å². The van der Waals surface area contributed by atoms with Crippen LogP contribution in [0.1, 0.15) is 27.0 Å². The number of benzene rings is 3. The third-order valence-electron chi connectivity index (χ3n) is 5.50. The molecule has 4 rings (SSSR count). The quantitative estimate of drug-likeness (QED) is 0.365. The molecule has 1 atom stereocenters. The number of halogens is 5. The zero-order valence-electron chi connectivity index (χ0n) is 17.4. The van der Waals surface area contributed by atoms with Gasteiger partial charge in [0, 0.05) is 28.6 Å². The number of hydrogen-bond acceptors (Lipinski definition) is 4. The molecule has 0 saturated carbocycles. The maximum absolute atomic E-state index is 13.8. The number of carbonyl (C=O) groups excluding carboxylic acids is 1. The minimum atomic E-state index is -4.83. The number of ketones is 1. The number of hydrogen-bond donors (Lipinski definition) is 0. The van der Waals surface area contributed by atoms with Crippen molar-refractivity contribution in [1.29, 1.82) is 0 Å². The Labute approximate surface area is 195 Å². The van der Waals surface area contributed by atoms with E-state index in [1.807, 2.05) is 0 Å². The second-order valence-corrected chi connectivity index (χ2v) is 8.36. The van der Waals surface area contributed by atoms with Gasteiger partial charge in [-0.1, -0.05) is 34.1 Å². The van der Waals surface area contributed by atoms with Crippen LogP contribution >= 0.6 is 15.9 Å². The summed E-state index contributed by atoms with van der Waals surface area (Å²) in [5.41, 5.74) is -2.85. The molecule has 1 unspecified atom stereocenters. The Morgan fingerprint density at radius 3 is 2.30 bits per heavy atom. The molecule has 33 heavy (non-hydrogen) atoms. The first kappa shape index (κ1) is 23.1. The Balaban J connectivity index is 1.93. The van der Waals surface area contributed by atoms with Gasteiger partial charge in [0.1, 0.15) is 28.6 Å². The van der Waals surface area contributed by atoms with E-state index < -0.39 is 35.4 Å². The molecule has 3 aromatic carbocycles. The lowest BCUT2D eigenvalue weighted by molar-refractivity contribution is -0.138. The number of fused-ring (bicyclic) bond motifs is 1. The van der Waals surface area contributed by atoms with Gasteiger partial charge >= 0.3 is 6.18 Å². The third kappa shape index (κ3) is 4.06. The SMILES string of the molecule is COc1cc(OC)c2c(c1)OC(Cc1ccc(F)cc1C(F)(F)F)(c1ccc(Br)cc1)C2=O. The van der Waals surface area contributed by atoms with Crippen molar-refractivity contribution in [3.63, 3.8) is 0 Å². The molecule has 0 aromatic heterocycles. The molecule has 0 bridgehead atoms. The average Bonchev–Trinajstić information content (AvgIpc) is 3.06. The predicted octanol–water partition coefficient (Wildman–Crippen LogP) is 6.34. The van der Waals surface area contributed by atoms with Gasteiger partial charge in [0.05, 0.1) is 19.8 Å². The highest BCUT2D eigenvalue weighted by Crippen LogP contribution is 2.49. The minimum absolute atomic E-state index is 0.0943. The molecular weight excluding hydrogens is 508 g/mol. The first-order valence-electron chi connectivity index (χ1n) is 9.70. The van der Waals surface area contributed by atoms with Crippen molar-refractivity contribution in [2.45, 2.75) is 18.2 Å². The van der Waals surface area contributed by atoms with Crippen LogP contribution in [0.5, 0.6) is 17.2 Å². The van der Waals surface area contributed by atoms with Crippen LogP contribution in [0.2, 0.25) is 0 Å². The fraction of sp³-hybridized carbons (Fsp3) is 0.208. The van der Waals surface area contributed by atoms with Gasteiger partial charge in [-0.15, -0.1) is 0 Å². The average molecular weight is 525 g/mol. The largest absolute Gasteiger partial charge is 0.496 e. The Hall–Kier alpha value is -3.07. The molecule has 0 radical (unpaired) electrons. The van der Waals surface area contributed by atoms with Crippen molar-refractivity contribution in [3.8, 4) is 17.2 Å². The molecule has 0 aliphatic carbocycles. The van der Waals surface area contributed by atoms with Crippen molar-refractivity contribution in [2.24, 2.45) is 0 Å². The second-order valence-electron chi connectivity index (χ2n) is 7.44. The summed E-state index contributed by atoms with van der Waals surface area (Å²) in [4.78, 5) is 13.8. The molecule has 1 aliphatic rings. The van der Waals surface area contributed by atoms with E-state index >= 15 is 0 Å². The van der Waals surface area contributed by atoms with Crippen LogP contribution in [0, 0.1) is 5.82 Å². The summed E-state index contributed by atoms with van der Waals surface area (Å²) in [5.74, 6) is -0.963. The van der Waals surface area contributed by atoms with Gasteiger partial charge in [-0.2, -0.15) is 13.2 Å². The normalized spacial score (nSPS) is 17.5. The second kappa shape index (κ2) is 8.37. The van der Waals surface area contributed by atoms with Gasteiger partial charge in [0.2, 0.25) is 11.4 Å². The van der Waals surface area contributed by atoms with E-state index in [1.165, 1.54) is 26.4 Å². The molecule has 4 nitrogen and oxygen atoms in total. The smallest absolute Gasteiger partial charge is 0.416 e. The van der Waals surface area contributed by atoms with Crippen molar-refractivity contribution in [1.82, 2.24) is 0 Å². The zero-order chi connectivity index (χ0) is 24.0. The number of ether oxygens (including phenoxy) is 3. The van der Waals surface area contributed by atoms with Crippen LogP contribution in [0.4, 0.5) is 17.6 Å². The fourth-order valence-corrected chi connectivity index (χ4v) is 4.21. The van der Waals surface area contributed by atoms with E-state index in [2.05, 4.69) is 15.9 Å². The van der Waals surface area contributed by atoms with Crippen LogP contribution in [0.15, 0.2) is 59.1 Å². The summed E-state index contributed by atoms with van der Waals surface area (Å²) in [6, 6.07) is 11.8. The lowest BCUT2D eigenvalue weighted by Crippen LogP contribution is -2.40. The van der Waals surface area contributed by atoms with E-state index in [9.17, 15) is 22.4 Å². The highest BCUT2D eigenvalue weighted by atomic mass is 79.9. The van der Waals surface area contributed by atoms with Crippen molar-refractivity contribution in [3.05, 3.63) is 87.1 Å². The van der Waals surface area contributed by atoms with E-state index in [4.69, 9.17) is 14.2 Å². The summed E-state index contributed by atoms with van der Waals surface area (Å²) < 4.78 is 72.3. The maximum atomic E-state index is 13.8. The summed E-state index contributed by atoms with van der Waals surface area (Å²) in [6.07, 6.45) is -5.31. The van der Waals surface area contributed by atoms with Crippen LogP contribution in [0.25, 0.3) is 0 Å². The maximum Gasteiger partial charge on any atom is 0.416 e. The van der Waals surface area contributed by atoms with Crippen molar-refractivity contribution < 1.29 is 36.6 Å². The zero-order valence-corrected chi connectivity index (χ0v) is 19.0. The molecule has 0 N–H and O–H groups in total. The van der Waals surface area contributed by atoms with E-state index in [0.717, 1.165) is 12.1 Å². The lowest BCUT2D eigenvalue weighted by Gasteiger charge is -2.29. The highest BCUT2D eigenvalue weighted by Gasteiger charge is 2.52. The summed E-state index contributed by atoms with van der Waals surface area (Å²) in [7, 11) is 2.79. The summed E-state index contributed by atoms with van der Waals surface area (Å²) in [6.45, 7) is 0. The molecule has 0 saturated heterocycles. The van der Waals surface area contributed by atoms with Gasteiger partial charge in [-0.05, 0) is 29.8 Å². The first-order chi connectivity index (χ1) is 15.6. The molecule has 0 spiro atoms. The number of alkyl halides is 3. The Morgan fingerprint density at radius 2 is 1.70 bits per heavy atom. The molecular formula is C24H17BrF4O4. The number of rotatable bonds is 5. The topological polar surface area (TPSA) is 44.8 Å². The van der Waals surface area contributed by atoms with Crippen LogP contribution in [0.3, 0.4) is 0 Å². The van der Waals surface area contributed by atoms with Crippen LogP contribution in [-0.2, 0) is 18.2 Å². The van der Waals surface area contributed by atoms with Gasteiger partial charge in [-0.25, -0.2) is 4.39 Å². The molecule has 1 aliphatic heterocycles. The van der Waals surface area contributed by atoms with Crippen LogP contribution < -0.4 is 14.2 Å². The number of Topliss-reactive ketones (excluding diaryl/α,β-unsaturated/α-hetero) is 1. The monoisotopic (exact) mass is 524 g/mol. The van der Waals surface area contributed by atoms with E-state index in [-0.39, 0.29) is 22.6 Å². The van der Waals surface area contributed by atoms with E-state index in [0.29, 0.717) is 21.9 Å². The standard InChI is InChI=1S/C24H17BrF4O4/c1-31-17-10-19(32-2)21-20(11-17)33-23(22(21)30,14-4-6-15(25)7-5-14)12-13-3-8-16(26)9-18(13)24(27,28)29/h3-11H,12H2,1-2H3. The van der Waals surface area contributed by atoms with Gasteiger partial charge < -0.3 is 14.2 Å². The minimum Gasteiger partial charge on any atom is -0.496 e. The Kier molecular flexibility index (Phi) is 5.86. The van der Waals surface area contributed by atoms with Gasteiger partial charge in [0.25, 0.3) is 0 Å². The number of carbonyl (C=O) groups is 1. The number of methoxy groups -OCH3 is 2. The van der Waals surface area contributed by atoms with E-state index in [1.54, 1.807) is 24.3 Å².